The third-order valence-corrected chi connectivity index (χ3v) is 4.86. The van der Waals surface area contributed by atoms with Crippen molar-refractivity contribution in [2.45, 2.75) is 38.3 Å². The van der Waals surface area contributed by atoms with Gasteiger partial charge in [-0.15, -0.1) is 0 Å². The topological polar surface area (TPSA) is 61.4 Å². The summed E-state index contributed by atoms with van der Waals surface area (Å²) in [5, 5.41) is 18.5. The smallest absolute Gasteiger partial charge is 0.138 e. The number of ether oxygens (including phenoxy) is 1. The van der Waals surface area contributed by atoms with Crippen molar-refractivity contribution in [3.63, 3.8) is 0 Å². The van der Waals surface area contributed by atoms with Crippen molar-refractivity contribution in [2.75, 3.05) is 19.7 Å². The highest BCUT2D eigenvalue weighted by molar-refractivity contribution is 6.32. The van der Waals surface area contributed by atoms with Crippen LogP contribution in [0.4, 0.5) is 0 Å². The van der Waals surface area contributed by atoms with Gasteiger partial charge in [0.05, 0.1) is 10.6 Å². The number of hydrogen-bond acceptors (Lipinski definition) is 4. The van der Waals surface area contributed by atoms with Gasteiger partial charge in [-0.05, 0) is 56.5 Å². The third-order valence-electron chi connectivity index (χ3n) is 4.55. The van der Waals surface area contributed by atoms with E-state index in [1.54, 1.807) is 6.20 Å². The molecule has 1 aromatic heterocycles. The van der Waals surface area contributed by atoms with E-state index in [-0.39, 0.29) is 6.61 Å². The summed E-state index contributed by atoms with van der Waals surface area (Å²) in [5.74, 6) is 0.642. The fourth-order valence-electron chi connectivity index (χ4n) is 3.08. The van der Waals surface area contributed by atoms with Crippen molar-refractivity contribution in [3.05, 3.63) is 46.7 Å². The lowest BCUT2D eigenvalue weighted by Gasteiger charge is -2.27. The predicted octanol–water partition coefficient (Wildman–Crippen LogP) is 3.17. The number of aliphatic hydroxyl groups is 1. The first-order valence-corrected chi connectivity index (χ1v) is 8.74. The van der Waals surface area contributed by atoms with Crippen LogP contribution >= 0.6 is 11.6 Å². The van der Waals surface area contributed by atoms with E-state index in [1.165, 1.54) is 0 Å². The van der Waals surface area contributed by atoms with Gasteiger partial charge in [0.25, 0.3) is 0 Å². The number of nitrogens with one attached hydrogen (secondary N) is 1. The SMILES string of the molecule is Cc1ccc(Cl)c(OCC2(O)CCCN(Cc3ccn[nH]3)CC2)c1. The number of aromatic amines is 1. The summed E-state index contributed by atoms with van der Waals surface area (Å²) in [4.78, 5) is 2.34. The van der Waals surface area contributed by atoms with E-state index in [0.29, 0.717) is 17.2 Å². The Hall–Kier alpha value is -1.56. The zero-order valence-corrected chi connectivity index (χ0v) is 14.7. The van der Waals surface area contributed by atoms with E-state index in [9.17, 15) is 5.11 Å². The van der Waals surface area contributed by atoms with Crippen LogP contribution in [0.5, 0.6) is 5.75 Å². The van der Waals surface area contributed by atoms with E-state index >= 15 is 0 Å². The van der Waals surface area contributed by atoms with Crippen LogP contribution in [0.25, 0.3) is 0 Å². The number of H-pyrrole nitrogens is 1. The monoisotopic (exact) mass is 349 g/mol. The van der Waals surface area contributed by atoms with Crippen molar-refractivity contribution in [1.29, 1.82) is 0 Å². The summed E-state index contributed by atoms with van der Waals surface area (Å²) < 4.78 is 5.84. The molecule has 1 aliphatic heterocycles. The molecule has 1 aromatic carbocycles. The molecule has 24 heavy (non-hydrogen) atoms. The Balaban J connectivity index is 1.56. The number of halogens is 1. The van der Waals surface area contributed by atoms with Crippen LogP contribution in [0.15, 0.2) is 30.5 Å². The van der Waals surface area contributed by atoms with Gasteiger partial charge in [0.15, 0.2) is 0 Å². The Bertz CT molecular complexity index is 662. The van der Waals surface area contributed by atoms with Gasteiger partial charge in [-0.1, -0.05) is 17.7 Å². The maximum Gasteiger partial charge on any atom is 0.138 e. The van der Waals surface area contributed by atoms with E-state index < -0.39 is 5.60 Å². The van der Waals surface area contributed by atoms with Gasteiger partial charge < -0.3 is 9.84 Å². The molecule has 5 nitrogen and oxygen atoms in total. The second kappa shape index (κ2) is 7.55. The summed E-state index contributed by atoms with van der Waals surface area (Å²) in [5.41, 5.74) is 1.38. The molecule has 2 N–H and O–H groups in total. The Morgan fingerprint density at radius 2 is 2.21 bits per heavy atom. The summed E-state index contributed by atoms with van der Waals surface area (Å²) in [6.07, 6.45) is 4.12. The predicted molar refractivity (Wildman–Crippen MR) is 94.3 cm³/mol. The van der Waals surface area contributed by atoms with Gasteiger partial charge in [0, 0.05) is 25.0 Å². The number of benzene rings is 1. The number of aromatic nitrogens is 2. The van der Waals surface area contributed by atoms with E-state index in [0.717, 1.165) is 43.7 Å². The fourth-order valence-corrected chi connectivity index (χ4v) is 3.26. The molecule has 0 saturated carbocycles. The number of nitrogens with zero attached hydrogens (tertiary/aromatic N) is 2. The maximum absolute atomic E-state index is 10.9. The lowest BCUT2D eigenvalue weighted by molar-refractivity contribution is -0.0168. The minimum Gasteiger partial charge on any atom is -0.489 e. The van der Waals surface area contributed by atoms with Crippen LogP contribution in [-0.4, -0.2) is 45.5 Å². The third kappa shape index (κ3) is 4.50. The van der Waals surface area contributed by atoms with E-state index in [2.05, 4.69) is 15.1 Å². The highest BCUT2D eigenvalue weighted by Crippen LogP contribution is 2.29. The van der Waals surface area contributed by atoms with Crippen molar-refractivity contribution in [3.8, 4) is 5.75 Å². The number of rotatable bonds is 5. The van der Waals surface area contributed by atoms with Crippen molar-refractivity contribution in [2.24, 2.45) is 0 Å². The lowest BCUT2D eigenvalue weighted by Crippen LogP contribution is -2.37. The molecule has 1 fully saturated rings. The maximum atomic E-state index is 10.9. The van der Waals surface area contributed by atoms with Gasteiger partial charge in [-0.2, -0.15) is 5.10 Å². The van der Waals surface area contributed by atoms with Crippen LogP contribution in [0.3, 0.4) is 0 Å². The minimum absolute atomic E-state index is 0.272. The molecule has 2 aromatic rings. The molecule has 0 bridgehead atoms. The van der Waals surface area contributed by atoms with Gasteiger partial charge >= 0.3 is 0 Å². The fraction of sp³-hybridized carbons (Fsp3) is 0.500. The molecule has 1 saturated heterocycles. The van der Waals surface area contributed by atoms with E-state index in [4.69, 9.17) is 16.3 Å². The highest BCUT2D eigenvalue weighted by atomic mass is 35.5. The Morgan fingerprint density at radius 1 is 1.33 bits per heavy atom. The lowest BCUT2D eigenvalue weighted by atomic mass is 9.96. The second-order valence-electron chi connectivity index (χ2n) is 6.66. The average Bonchev–Trinajstić information content (AvgIpc) is 2.99. The zero-order valence-electron chi connectivity index (χ0n) is 14.0. The van der Waals surface area contributed by atoms with Crippen molar-refractivity contribution >= 4 is 11.6 Å². The Labute approximate surface area is 147 Å². The molecule has 0 amide bonds. The van der Waals surface area contributed by atoms with Crippen LogP contribution in [0.1, 0.15) is 30.5 Å². The normalized spacial score (nSPS) is 22.3. The van der Waals surface area contributed by atoms with Crippen molar-refractivity contribution < 1.29 is 9.84 Å². The first-order chi connectivity index (χ1) is 11.5. The molecule has 0 aliphatic carbocycles. The summed E-state index contributed by atoms with van der Waals surface area (Å²) in [7, 11) is 0. The van der Waals surface area contributed by atoms with Crippen molar-refractivity contribution in [1.82, 2.24) is 15.1 Å². The van der Waals surface area contributed by atoms with Gasteiger partial charge in [0.1, 0.15) is 12.4 Å². The highest BCUT2D eigenvalue weighted by Gasteiger charge is 2.31. The van der Waals surface area contributed by atoms with Crippen LogP contribution in [0, 0.1) is 6.92 Å². The Morgan fingerprint density at radius 3 is 3.00 bits per heavy atom. The standard InChI is InChI=1S/C18H24ClN3O2/c1-14-3-4-16(19)17(11-14)24-13-18(23)6-2-9-22(10-7-18)12-15-5-8-20-21-15/h3-5,8,11,23H,2,6-7,9-10,12-13H2,1H3,(H,20,21). The van der Waals surface area contributed by atoms with Gasteiger partial charge in [-0.3, -0.25) is 10.00 Å². The first-order valence-electron chi connectivity index (χ1n) is 8.36. The quantitative estimate of drug-likeness (QED) is 0.870. The molecule has 2 heterocycles. The zero-order chi connectivity index (χ0) is 17.0. The largest absolute Gasteiger partial charge is 0.489 e. The molecule has 1 unspecified atom stereocenters. The molecule has 130 valence electrons. The summed E-state index contributed by atoms with van der Waals surface area (Å²) >= 11 is 6.17. The molecule has 0 radical (unpaired) electrons. The number of likely N-dealkylation sites (tertiary alicyclic amines) is 1. The molecule has 6 heteroatoms. The Kier molecular flexibility index (Phi) is 5.43. The van der Waals surface area contributed by atoms with Gasteiger partial charge in [0.2, 0.25) is 0 Å². The first kappa shape index (κ1) is 17.3. The van der Waals surface area contributed by atoms with Gasteiger partial charge in [-0.25, -0.2) is 0 Å². The molecule has 1 atom stereocenters. The van der Waals surface area contributed by atoms with Crippen LogP contribution in [0.2, 0.25) is 5.02 Å². The molecule has 1 aliphatic rings. The molecular formula is C18H24ClN3O2. The summed E-state index contributed by atoms with van der Waals surface area (Å²) in [6, 6.07) is 7.67. The molecular weight excluding hydrogens is 326 g/mol. The van der Waals surface area contributed by atoms with E-state index in [1.807, 2.05) is 31.2 Å². The number of aryl methyl sites for hydroxylation is 1. The molecule has 3 rings (SSSR count). The number of hydrogen-bond donors (Lipinski definition) is 2. The summed E-state index contributed by atoms with van der Waals surface area (Å²) in [6.45, 7) is 4.90. The molecule has 0 spiro atoms. The van der Waals surface area contributed by atoms with Crippen LogP contribution < -0.4 is 4.74 Å². The van der Waals surface area contributed by atoms with Crippen LogP contribution in [-0.2, 0) is 6.54 Å². The average molecular weight is 350 g/mol. The minimum atomic E-state index is -0.810. The second-order valence-corrected chi connectivity index (χ2v) is 7.07.